The molecule has 0 rings (SSSR count). The molecule has 108 valence electrons. The quantitative estimate of drug-likeness (QED) is 0.275. The van der Waals surface area contributed by atoms with Gasteiger partial charge in [-0.25, -0.2) is 9.78 Å². The minimum atomic E-state index is -0.240. The molecule has 18 heavy (non-hydrogen) atoms. The van der Waals surface area contributed by atoms with Crippen molar-refractivity contribution >= 4 is 5.97 Å². The standard InChI is InChI=1S/C14H28O4/c1-12(13(15)16-5)10-8-6-7-9-11-17-18-14(2,3)4/h12H,6-11H2,1-5H3. The number of carbonyl (C=O) groups excluding carboxylic acids is 1. The molecule has 0 saturated carbocycles. The summed E-state index contributed by atoms with van der Waals surface area (Å²) in [5.41, 5.74) is -0.240. The topological polar surface area (TPSA) is 44.8 Å². The minimum absolute atomic E-state index is 0.00970. The average Bonchev–Trinajstić information content (AvgIpc) is 2.29. The van der Waals surface area contributed by atoms with Crippen molar-refractivity contribution in [2.24, 2.45) is 5.92 Å². The summed E-state index contributed by atoms with van der Waals surface area (Å²) in [5.74, 6) is -0.104. The number of methoxy groups -OCH3 is 1. The van der Waals surface area contributed by atoms with Gasteiger partial charge in [0, 0.05) is 0 Å². The molecule has 0 saturated heterocycles. The van der Waals surface area contributed by atoms with Crippen LogP contribution in [0, 0.1) is 5.92 Å². The van der Waals surface area contributed by atoms with Gasteiger partial charge in [-0.3, -0.25) is 4.79 Å². The summed E-state index contributed by atoms with van der Waals surface area (Å²) in [4.78, 5) is 21.4. The second-order valence-corrected chi connectivity index (χ2v) is 5.64. The lowest BCUT2D eigenvalue weighted by Gasteiger charge is -2.17. The number of unbranched alkanes of at least 4 members (excludes halogenated alkanes) is 3. The molecule has 0 aromatic rings. The minimum Gasteiger partial charge on any atom is -0.469 e. The SMILES string of the molecule is COC(=O)C(C)CCCCCCOOC(C)(C)C. The van der Waals surface area contributed by atoms with E-state index in [1.807, 2.05) is 27.7 Å². The lowest BCUT2D eigenvalue weighted by Crippen LogP contribution is -2.19. The summed E-state index contributed by atoms with van der Waals surface area (Å²) < 4.78 is 4.68. The lowest BCUT2D eigenvalue weighted by atomic mass is 10.0. The zero-order valence-electron chi connectivity index (χ0n) is 12.5. The predicted octanol–water partition coefficient (Wildman–Crippen LogP) is 3.49. The van der Waals surface area contributed by atoms with Crippen LogP contribution in [0.1, 0.15) is 59.8 Å². The van der Waals surface area contributed by atoms with E-state index in [4.69, 9.17) is 9.78 Å². The highest BCUT2D eigenvalue weighted by Crippen LogP contribution is 2.12. The highest BCUT2D eigenvalue weighted by molar-refractivity contribution is 5.71. The molecule has 0 aliphatic heterocycles. The third-order valence-corrected chi connectivity index (χ3v) is 2.53. The smallest absolute Gasteiger partial charge is 0.308 e. The van der Waals surface area contributed by atoms with Crippen LogP contribution in [0.3, 0.4) is 0 Å². The predicted molar refractivity (Wildman–Crippen MR) is 71.1 cm³/mol. The van der Waals surface area contributed by atoms with E-state index in [1.165, 1.54) is 7.11 Å². The van der Waals surface area contributed by atoms with Crippen LogP contribution in [0.4, 0.5) is 0 Å². The maximum Gasteiger partial charge on any atom is 0.308 e. The Hall–Kier alpha value is -0.610. The zero-order chi connectivity index (χ0) is 14.0. The van der Waals surface area contributed by atoms with E-state index in [0.29, 0.717) is 6.61 Å². The Labute approximate surface area is 111 Å². The molecule has 0 aliphatic carbocycles. The van der Waals surface area contributed by atoms with E-state index in [-0.39, 0.29) is 17.5 Å². The Balaban J connectivity index is 3.29. The van der Waals surface area contributed by atoms with Gasteiger partial charge in [-0.1, -0.05) is 26.2 Å². The van der Waals surface area contributed by atoms with Gasteiger partial charge in [0.2, 0.25) is 0 Å². The number of hydrogen-bond acceptors (Lipinski definition) is 4. The molecule has 1 atom stereocenters. The van der Waals surface area contributed by atoms with Crippen LogP contribution in [0.15, 0.2) is 0 Å². The Kier molecular flexibility index (Phi) is 9.02. The van der Waals surface area contributed by atoms with Gasteiger partial charge >= 0.3 is 5.97 Å². The van der Waals surface area contributed by atoms with Crippen LogP contribution in [0.5, 0.6) is 0 Å². The maximum absolute atomic E-state index is 11.2. The molecule has 0 aliphatic rings. The van der Waals surface area contributed by atoms with Crippen molar-refractivity contribution in [2.75, 3.05) is 13.7 Å². The fourth-order valence-electron chi connectivity index (χ4n) is 1.50. The van der Waals surface area contributed by atoms with Gasteiger partial charge in [0.25, 0.3) is 0 Å². The fourth-order valence-corrected chi connectivity index (χ4v) is 1.50. The van der Waals surface area contributed by atoms with E-state index in [2.05, 4.69) is 4.74 Å². The third kappa shape index (κ3) is 10.5. The molecule has 0 aromatic heterocycles. The van der Waals surface area contributed by atoms with E-state index >= 15 is 0 Å². The van der Waals surface area contributed by atoms with Crippen molar-refractivity contribution < 1.29 is 19.3 Å². The number of rotatable bonds is 9. The molecule has 0 heterocycles. The third-order valence-electron chi connectivity index (χ3n) is 2.53. The van der Waals surface area contributed by atoms with Crippen molar-refractivity contribution in [3.05, 3.63) is 0 Å². The fraction of sp³-hybridized carbons (Fsp3) is 0.929. The van der Waals surface area contributed by atoms with Crippen molar-refractivity contribution in [2.45, 2.75) is 65.4 Å². The molecule has 4 nitrogen and oxygen atoms in total. The molecule has 0 fully saturated rings. The Bertz CT molecular complexity index is 220. The van der Waals surface area contributed by atoms with E-state index in [9.17, 15) is 4.79 Å². The summed E-state index contributed by atoms with van der Waals surface area (Å²) in [7, 11) is 1.44. The zero-order valence-corrected chi connectivity index (χ0v) is 12.5. The van der Waals surface area contributed by atoms with Gasteiger partial charge in [-0.2, -0.15) is 0 Å². The van der Waals surface area contributed by atoms with Crippen LogP contribution in [-0.2, 0) is 19.3 Å². The maximum atomic E-state index is 11.2. The van der Waals surface area contributed by atoms with E-state index in [0.717, 1.165) is 32.1 Å². The molecular formula is C14H28O4. The largest absolute Gasteiger partial charge is 0.469 e. The summed E-state index contributed by atoms with van der Waals surface area (Å²) in [5, 5.41) is 0. The van der Waals surface area contributed by atoms with Crippen molar-refractivity contribution in [1.29, 1.82) is 0 Å². The first-order valence-corrected chi connectivity index (χ1v) is 6.75. The first-order valence-electron chi connectivity index (χ1n) is 6.75. The Morgan fingerprint density at radius 2 is 1.72 bits per heavy atom. The molecule has 0 spiro atoms. The molecule has 0 amide bonds. The molecule has 0 N–H and O–H groups in total. The van der Waals surface area contributed by atoms with Crippen LogP contribution in [-0.4, -0.2) is 25.3 Å². The van der Waals surface area contributed by atoms with Gasteiger partial charge in [0.15, 0.2) is 0 Å². The average molecular weight is 260 g/mol. The molecular weight excluding hydrogens is 232 g/mol. The summed E-state index contributed by atoms with van der Waals surface area (Å²) in [6, 6.07) is 0. The highest BCUT2D eigenvalue weighted by Gasteiger charge is 2.12. The molecule has 1 unspecified atom stereocenters. The molecule has 4 heteroatoms. The normalized spacial score (nSPS) is 13.4. The monoisotopic (exact) mass is 260 g/mol. The van der Waals surface area contributed by atoms with Gasteiger partial charge < -0.3 is 4.74 Å². The highest BCUT2D eigenvalue weighted by atomic mass is 17.2. The van der Waals surface area contributed by atoms with E-state index in [1.54, 1.807) is 0 Å². The van der Waals surface area contributed by atoms with Crippen LogP contribution < -0.4 is 0 Å². The Morgan fingerprint density at radius 1 is 1.11 bits per heavy atom. The van der Waals surface area contributed by atoms with Crippen LogP contribution in [0.25, 0.3) is 0 Å². The van der Waals surface area contributed by atoms with Gasteiger partial charge in [-0.15, -0.1) is 0 Å². The van der Waals surface area contributed by atoms with Gasteiger partial charge in [-0.05, 0) is 33.6 Å². The number of ether oxygens (including phenoxy) is 1. The lowest BCUT2D eigenvalue weighted by molar-refractivity contribution is -0.348. The summed E-state index contributed by atoms with van der Waals surface area (Å²) in [6.07, 6.45) is 5.15. The van der Waals surface area contributed by atoms with Crippen molar-refractivity contribution in [3.63, 3.8) is 0 Å². The van der Waals surface area contributed by atoms with Gasteiger partial charge in [0.05, 0.1) is 25.2 Å². The van der Waals surface area contributed by atoms with Crippen molar-refractivity contribution in [3.8, 4) is 0 Å². The number of carbonyl (C=O) groups is 1. The second-order valence-electron chi connectivity index (χ2n) is 5.64. The summed E-state index contributed by atoms with van der Waals surface area (Å²) in [6.45, 7) is 8.42. The summed E-state index contributed by atoms with van der Waals surface area (Å²) >= 11 is 0. The molecule has 0 bridgehead atoms. The second kappa shape index (κ2) is 9.34. The van der Waals surface area contributed by atoms with Crippen molar-refractivity contribution in [1.82, 2.24) is 0 Å². The first kappa shape index (κ1) is 17.4. The number of hydrogen-bond donors (Lipinski definition) is 0. The number of esters is 1. The first-order chi connectivity index (χ1) is 8.37. The van der Waals surface area contributed by atoms with Crippen LogP contribution >= 0.6 is 0 Å². The van der Waals surface area contributed by atoms with Crippen LogP contribution in [0.2, 0.25) is 0 Å². The van der Waals surface area contributed by atoms with E-state index < -0.39 is 0 Å². The molecule has 0 aromatic carbocycles. The Morgan fingerprint density at radius 3 is 2.28 bits per heavy atom. The molecule has 0 radical (unpaired) electrons. The van der Waals surface area contributed by atoms with Gasteiger partial charge in [0.1, 0.15) is 0 Å².